The van der Waals surface area contributed by atoms with E-state index in [2.05, 4.69) is 69.3 Å². The zero-order valence-corrected chi connectivity index (χ0v) is 14.1. The summed E-state index contributed by atoms with van der Waals surface area (Å²) in [5.41, 5.74) is 4.43. The van der Waals surface area contributed by atoms with Gasteiger partial charge in [0, 0.05) is 48.6 Å². The third kappa shape index (κ3) is 3.80. The number of anilines is 1. The number of hydrogen-bond acceptors (Lipinski definition) is 3. The first-order valence-corrected chi connectivity index (χ1v) is 8.59. The van der Waals surface area contributed by atoms with Crippen LogP contribution in [0.1, 0.15) is 5.56 Å². The molecule has 0 atom stereocenters. The Morgan fingerprint density at radius 1 is 0.840 bits per heavy atom. The molecule has 0 bridgehead atoms. The summed E-state index contributed by atoms with van der Waals surface area (Å²) in [6.45, 7) is 3.52. The minimum Gasteiger partial charge on any atom is -0.378 e. The zero-order valence-electron chi connectivity index (χ0n) is 14.1. The van der Waals surface area contributed by atoms with Crippen LogP contribution in [0.4, 0.5) is 11.4 Å². The molecule has 1 aromatic heterocycles. The standard InChI is InChI=1S/C21H21N3O/c1-2-4-20(5-3-1)24-11-10-18(17-24)16-22-19-6-8-21(9-7-19)23-12-14-25-15-13-23/h1-11,16-17H,12-15H2. The summed E-state index contributed by atoms with van der Waals surface area (Å²) in [4.78, 5) is 6.93. The number of morpholine rings is 1. The molecule has 0 radical (unpaired) electrons. The maximum Gasteiger partial charge on any atom is 0.0642 e. The van der Waals surface area contributed by atoms with Gasteiger partial charge in [0.1, 0.15) is 0 Å². The molecule has 1 aliphatic heterocycles. The Labute approximate surface area is 148 Å². The third-order valence-corrected chi connectivity index (χ3v) is 4.36. The average molecular weight is 331 g/mol. The van der Waals surface area contributed by atoms with Crippen LogP contribution < -0.4 is 4.90 Å². The summed E-state index contributed by atoms with van der Waals surface area (Å²) < 4.78 is 7.50. The predicted molar refractivity (Wildman–Crippen MR) is 102 cm³/mol. The number of hydrogen-bond donors (Lipinski definition) is 0. The van der Waals surface area contributed by atoms with Gasteiger partial charge in [0.2, 0.25) is 0 Å². The first-order valence-electron chi connectivity index (χ1n) is 8.59. The van der Waals surface area contributed by atoms with Gasteiger partial charge in [-0.1, -0.05) is 18.2 Å². The third-order valence-electron chi connectivity index (χ3n) is 4.36. The van der Waals surface area contributed by atoms with E-state index in [0.717, 1.165) is 43.2 Å². The zero-order chi connectivity index (χ0) is 16.9. The normalized spacial score (nSPS) is 15.0. The predicted octanol–water partition coefficient (Wildman–Crippen LogP) is 4.06. The van der Waals surface area contributed by atoms with E-state index in [-0.39, 0.29) is 0 Å². The summed E-state index contributed by atoms with van der Waals surface area (Å²) in [6.07, 6.45) is 6.04. The minimum absolute atomic E-state index is 0.804. The van der Waals surface area contributed by atoms with E-state index >= 15 is 0 Å². The largest absolute Gasteiger partial charge is 0.378 e. The van der Waals surface area contributed by atoms with E-state index in [0.29, 0.717) is 0 Å². The average Bonchev–Trinajstić information content (AvgIpc) is 3.17. The van der Waals surface area contributed by atoms with Crippen molar-refractivity contribution in [3.05, 3.63) is 78.6 Å². The summed E-state index contributed by atoms with van der Waals surface area (Å²) in [6, 6.07) is 20.7. The van der Waals surface area contributed by atoms with Crippen molar-refractivity contribution in [2.24, 2.45) is 4.99 Å². The van der Waals surface area contributed by atoms with Crippen molar-refractivity contribution in [3.63, 3.8) is 0 Å². The first kappa shape index (κ1) is 15.7. The van der Waals surface area contributed by atoms with Gasteiger partial charge in [-0.05, 0) is 42.5 Å². The van der Waals surface area contributed by atoms with Gasteiger partial charge in [0.25, 0.3) is 0 Å². The highest BCUT2D eigenvalue weighted by Crippen LogP contribution is 2.21. The van der Waals surface area contributed by atoms with E-state index in [1.165, 1.54) is 5.69 Å². The molecule has 4 rings (SSSR count). The SMILES string of the molecule is C(=Nc1ccc(N2CCOCC2)cc1)c1ccn(-c2ccccc2)c1. The van der Waals surface area contributed by atoms with Gasteiger partial charge in [0.05, 0.1) is 18.9 Å². The number of aromatic nitrogens is 1. The van der Waals surface area contributed by atoms with E-state index in [1.807, 2.05) is 24.4 Å². The second-order valence-corrected chi connectivity index (χ2v) is 6.06. The summed E-state index contributed by atoms with van der Waals surface area (Å²) in [7, 11) is 0. The van der Waals surface area contributed by atoms with Crippen LogP contribution in [0, 0.1) is 0 Å². The van der Waals surface area contributed by atoms with Crippen molar-refractivity contribution < 1.29 is 4.74 Å². The van der Waals surface area contributed by atoms with E-state index in [9.17, 15) is 0 Å². The molecule has 126 valence electrons. The highest BCUT2D eigenvalue weighted by Gasteiger charge is 2.10. The fourth-order valence-corrected chi connectivity index (χ4v) is 2.97. The molecule has 4 heteroatoms. The molecular weight excluding hydrogens is 310 g/mol. The van der Waals surface area contributed by atoms with E-state index < -0.39 is 0 Å². The second kappa shape index (κ2) is 7.36. The molecule has 1 fully saturated rings. The van der Waals surface area contributed by atoms with Crippen molar-refractivity contribution in [3.8, 4) is 5.69 Å². The van der Waals surface area contributed by atoms with Gasteiger partial charge in [0.15, 0.2) is 0 Å². The molecular formula is C21H21N3O. The Balaban J connectivity index is 1.44. The van der Waals surface area contributed by atoms with E-state index in [1.54, 1.807) is 0 Å². The highest BCUT2D eigenvalue weighted by atomic mass is 16.5. The molecule has 3 aromatic rings. The minimum atomic E-state index is 0.804. The molecule has 0 spiro atoms. The fraction of sp³-hybridized carbons (Fsp3) is 0.190. The number of para-hydroxylation sites is 1. The van der Waals surface area contributed by atoms with Crippen LogP contribution >= 0.6 is 0 Å². The Kier molecular flexibility index (Phi) is 4.61. The monoisotopic (exact) mass is 331 g/mol. The topological polar surface area (TPSA) is 29.8 Å². The van der Waals surface area contributed by atoms with Gasteiger partial charge in [-0.25, -0.2) is 0 Å². The van der Waals surface area contributed by atoms with Gasteiger partial charge >= 0.3 is 0 Å². The molecule has 0 aliphatic carbocycles. The highest BCUT2D eigenvalue weighted by molar-refractivity contribution is 5.82. The second-order valence-electron chi connectivity index (χ2n) is 6.06. The van der Waals surface area contributed by atoms with Crippen molar-refractivity contribution in [1.29, 1.82) is 0 Å². The first-order chi connectivity index (χ1) is 12.4. The molecule has 0 amide bonds. The maximum atomic E-state index is 5.40. The molecule has 2 heterocycles. The molecule has 0 unspecified atom stereocenters. The molecule has 1 aliphatic rings. The molecule has 1 saturated heterocycles. The van der Waals surface area contributed by atoms with E-state index in [4.69, 9.17) is 4.74 Å². The molecule has 0 N–H and O–H groups in total. The van der Waals surface area contributed by atoms with Crippen LogP contribution in [-0.2, 0) is 4.74 Å². The van der Waals surface area contributed by atoms with Crippen molar-refractivity contribution >= 4 is 17.6 Å². The lowest BCUT2D eigenvalue weighted by atomic mass is 10.2. The van der Waals surface area contributed by atoms with Crippen LogP contribution in [-0.4, -0.2) is 37.1 Å². The van der Waals surface area contributed by atoms with Gasteiger partial charge in [-0.2, -0.15) is 0 Å². The van der Waals surface area contributed by atoms with Crippen LogP contribution in [0.15, 0.2) is 78.0 Å². The summed E-state index contributed by atoms with van der Waals surface area (Å²) in [5, 5.41) is 0. The van der Waals surface area contributed by atoms with Crippen LogP contribution in [0.25, 0.3) is 5.69 Å². The molecule has 2 aromatic carbocycles. The van der Waals surface area contributed by atoms with Gasteiger partial charge in [-0.3, -0.25) is 4.99 Å². The molecule has 0 saturated carbocycles. The van der Waals surface area contributed by atoms with Gasteiger partial charge in [-0.15, -0.1) is 0 Å². The lowest BCUT2D eigenvalue weighted by Crippen LogP contribution is -2.36. The lowest BCUT2D eigenvalue weighted by molar-refractivity contribution is 0.122. The number of benzene rings is 2. The molecule has 25 heavy (non-hydrogen) atoms. The Hall–Kier alpha value is -2.85. The smallest absolute Gasteiger partial charge is 0.0642 e. The quantitative estimate of drug-likeness (QED) is 0.675. The maximum absolute atomic E-state index is 5.40. The summed E-state index contributed by atoms with van der Waals surface area (Å²) in [5.74, 6) is 0. The van der Waals surface area contributed by atoms with Crippen LogP contribution in [0.3, 0.4) is 0 Å². The fourth-order valence-electron chi connectivity index (χ4n) is 2.97. The number of aliphatic imine (C=N–C) groups is 1. The molecule has 4 nitrogen and oxygen atoms in total. The van der Waals surface area contributed by atoms with Crippen molar-refractivity contribution in [1.82, 2.24) is 4.57 Å². The van der Waals surface area contributed by atoms with Gasteiger partial charge < -0.3 is 14.2 Å². The van der Waals surface area contributed by atoms with Crippen molar-refractivity contribution in [2.75, 3.05) is 31.2 Å². The number of ether oxygens (including phenoxy) is 1. The van der Waals surface area contributed by atoms with Crippen molar-refractivity contribution in [2.45, 2.75) is 0 Å². The van der Waals surface area contributed by atoms with Crippen LogP contribution in [0.5, 0.6) is 0 Å². The Morgan fingerprint density at radius 3 is 2.36 bits per heavy atom. The Morgan fingerprint density at radius 2 is 1.60 bits per heavy atom. The number of rotatable bonds is 4. The Bertz CT molecular complexity index is 831. The van der Waals surface area contributed by atoms with Crippen LogP contribution in [0.2, 0.25) is 0 Å². The summed E-state index contributed by atoms with van der Waals surface area (Å²) >= 11 is 0. The lowest BCUT2D eigenvalue weighted by Gasteiger charge is -2.28. The number of nitrogens with zero attached hydrogens (tertiary/aromatic N) is 3.